The third-order valence-corrected chi connectivity index (χ3v) is 7.73. The zero-order chi connectivity index (χ0) is 20.3. The van der Waals surface area contributed by atoms with Crippen LogP contribution in [0.5, 0.6) is 0 Å². The van der Waals surface area contributed by atoms with Gasteiger partial charge in [0.05, 0.1) is 11.1 Å². The molecule has 2 fully saturated rings. The second-order valence-corrected chi connectivity index (χ2v) is 9.62. The summed E-state index contributed by atoms with van der Waals surface area (Å²) in [7, 11) is -3.51. The van der Waals surface area contributed by atoms with Gasteiger partial charge in [0.25, 0.3) is 5.91 Å². The number of hydrogen-bond donors (Lipinski definition) is 0. The van der Waals surface area contributed by atoms with Crippen LogP contribution in [0.2, 0.25) is 0 Å². The van der Waals surface area contributed by atoms with Crippen molar-refractivity contribution in [3.05, 3.63) is 42.2 Å². The predicted molar refractivity (Wildman–Crippen MR) is 108 cm³/mol. The molecule has 1 unspecified atom stereocenters. The van der Waals surface area contributed by atoms with Crippen molar-refractivity contribution in [2.45, 2.75) is 56.0 Å². The van der Waals surface area contributed by atoms with Gasteiger partial charge in [-0.15, -0.1) is 5.10 Å². The van der Waals surface area contributed by atoms with Gasteiger partial charge in [0.2, 0.25) is 10.0 Å². The Labute approximate surface area is 171 Å². The lowest BCUT2D eigenvalue weighted by atomic mass is 10.0. The van der Waals surface area contributed by atoms with E-state index >= 15 is 0 Å². The summed E-state index contributed by atoms with van der Waals surface area (Å²) >= 11 is 0. The van der Waals surface area contributed by atoms with Crippen LogP contribution in [0.4, 0.5) is 0 Å². The third-order valence-electron chi connectivity index (χ3n) is 5.77. The summed E-state index contributed by atoms with van der Waals surface area (Å²) in [4.78, 5) is 14.6. The van der Waals surface area contributed by atoms with Crippen LogP contribution in [0.1, 0.15) is 49.0 Å². The average molecular weight is 418 g/mol. The first-order valence-electron chi connectivity index (χ1n) is 10.3. The summed E-state index contributed by atoms with van der Waals surface area (Å²) in [5, 5.41) is 8.12. The molecule has 4 rings (SSSR count). The van der Waals surface area contributed by atoms with Crippen LogP contribution >= 0.6 is 0 Å². The molecule has 3 heterocycles. The van der Waals surface area contributed by atoms with Gasteiger partial charge >= 0.3 is 0 Å². The molecule has 156 valence electrons. The first-order chi connectivity index (χ1) is 14.1. The normalized spacial score (nSPS) is 20.8. The lowest BCUT2D eigenvalue weighted by Gasteiger charge is -2.34. The van der Waals surface area contributed by atoms with Gasteiger partial charge in [0.1, 0.15) is 0 Å². The van der Waals surface area contributed by atoms with Crippen molar-refractivity contribution in [2.75, 3.05) is 19.6 Å². The van der Waals surface area contributed by atoms with Gasteiger partial charge in [0, 0.05) is 32.2 Å². The van der Waals surface area contributed by atoms with Crippen molar-refractivity contribution in [3.8, 4) is 0 Å². The Morgan fingerprint density at radius 1 is 1.03 bits per heavy atom. The maximum atomic E-state index is 13.1. The molecule has 1 aromatic heterocycles. The molecule has 0 spiro atoms. The number of sulfonamides is 1. The summed E-state index contributed by atoms with van der Waals surface area (Å²) in [6, 6.07) is 8.54. The Kier molecular flexibility index (Phi) is 5.96. The van der Waals surface area contributed by atoms with E-state index in [1.807, 2.05) is 11.0 Å². The lowest BCUT2D eigenvalue weighted by molar-refractivity contribution is 0.0787. The number of likely N-dealkylation sites (tertiary alicyclic amines) is 1. The number of amides is 1. The van der Waals surface area contributed by atoms with Gasteiger partial charge in [-0.3, -0.25) is 9.48 Å². The van der Waals surface area contributed by atoms with E-state index in [0.29, 0.717) is 30.1 Å². The van der Waals surface area contributed by atoms with Gasteiger partial charge in [-0.05, 0) is 44.2 Å². The zero-order valence-corrected chi connectivity index (χ0v) is 17.3. The summed E-state index contributed by atoms with van der Waals surface area (Å²) in [5.74, 6) is -0.0697. The summed E-state index contributed by atoms with van der Waals surface area (Å²) < 4.78 is 29.5. The molecule has 2 aliphatic rings. The van der Waals surface area contributed by atoms with Crippen LogP contribution in [-0.2, 0) is 16.6 Å². The highest BCUT2D eigenvalue weighted by Gasteiger charge is 2.33. The standard InChI is InChI=1S/C20H27N5O3S/c26-20(23-12-6-7-13-23)19-16-24(22-21-19)15-11-17-8-4-5-14-25(17)29(27,28)18-9-2-1-3-10-18/h1-3,9-10,16-17H,4-8,11-15H2. The highest BCUT2D eigenvalue weighted by atomic mass is 32.2. The Balaban J connectivity index is 1.42. The number of hydrogen-bond acceptors (Lipinski definition) is 5. The Hall–Kier alpha value is -2.26. The van der Waals surface area contributed by atoms with Gasteiger partial charge in [-0.2, -0.15) is 4.31 Å². The highest BCUT2D eigenvalue weighted by molar-refractivity contribution is 7.89. The molecule has 1 amide bonds. The van der Waals surface area contributed by atoms with E-state index in [4.69, 9.17) is 0 Å². The van der Waals surface area contributed by atoms with Crippen molar-refractivity contribution in [3.63, 3.8) is 0 Å². The molecule has 9 heteroatoms. The highest BCUT2D eigenvalue weighted by Crippen LogP contribution is 2.27. The number of carbonyl (C=O) groups excluding carboxylic acids is 1. The van der Waals surface area contributed by atoms with E-state index < -0.39 is 10.0 Å². The predicted octanol–water partition coefficient (Wildman–Crippen LogP) is 2.15. The minimum atomic E-state index is -3.51. The summed E-state index contributed by atoms with van der Waals surface area (Å²) in [6.45, 7) is 2.63. The van der Waals surface area contributed by atoms with Gasteiger partial charge in [0.15, 0.2) is 5.69 Å². The zero-order valence-electron chi connectivity index (χ0n) is 16.5. The molecule has 0 aliphatic carbocycles. The van der Waals surface area contributed by atoms with Gasteiger partial charge in [-0.25, -0.2) is 8.42 Å². The van der Waals surface area contributed by atoms with Crippen LogP contribution in [0.25, 0.3) is 0 Å². The molecular formula is C20H27N5O3S. The quantitative estimate of drug-likeness (QED) is 0.719. The maximum Gasteiger partial charge on any atom is 0.276 e. The average Bonchev–Trinajstić information content (AvgIpc) is 3.45. The SMILES string of the molecule is O=C(c1cn(CCC2CCCCN2S(=O)(=O)c2ccccc2)nn1)N1CCCC1. The Bertz CT molecular complexity index is 938. The number of rotatable bonds is 6. The fourth-order valence-electron chi connectivity index (χ4n) is 4.18. The Morgan fingerprint density at radius 3 is 2.52 bits per heavy atom. The van der Waals surface area contributed by atoms with Crippen molar-refractivity contribution in [1.82, 2.24) is 24.2 Å². The summed E-state index contributed by atoms with van der Waals surface area (Å²) in [5.41, 5.74) is 0.365. The summed E-state index contributed by atoms with van der Waals surface area (Å²) in [6.07, 6.45) is 7.12. The molecule has 0 bridgehead atoms. The maximum absolute atomic E-state index is 13.1. The molecule has 1 atom stereocenters. The van der Waals surface area contributed by atoms with E-state index in [1.54, 1.807) is 39.4 Å². The third kappa shape index (κ3) is 4.35. The Morgan fingerprint density at radius 2 is 1.76 bits per heavy atom. The van der Waals surface area contributed by atoms with Crippen LogP contribution in [0, 0.1) is 0 Å². The second-order valence-electron chi connectivity index (χ2n) is 7.73. The first kappa shape index (κ1) is 20.0. The number of piperidine rings is 1. The van der Waals surface area contributed by atoms with E-state index in [0.717, 1.165) is 45.2 Å². The van der Waals surface area contributed by atoms with Crippen molar-refractivity contribution in [1.29, 1.82) is 0 Å². The first-order valence-corrected chi connectivity index (χ1v) is 11.8. The van der Waals surface area contributed by atoms with E-state index in [2.05, 4.69) is 10.3 Å². The number of nitrogens with zero attached hydrogens (tertiary/aromatic N) is 5. The smallest absolute Gasteiger partial charge is 0.276 e. The minimum absolute atomic E-state index is 0.0697. The van der Waals surface area contributed by atoms with Crippen LogP contribution < -0.4 is 0 Å². The van der Waals surface area contributed by atoms with Crippen molar-refractivity contribution in [2.24, 2.45) is 0 Å². The molecule has 2 aromatic rings. The minimum Gasteiger partial charge on any atom is -0.337 e. The van der Waals surface area contributed by atoms with E-state index in [-0.39, 0.29) is 11.9 Å². The molecular weight excluding hydrogens is 390 g/mol. The molecule has 0 N–H and O–H groups in total. The van der Waals surface area contributed by atoms with Gasteiger partial charge < -0.3 is 4.90 Å². The number of benzene rings is 1. The number of aryl methyl sites for hydroxylation is 1. The lowest BCUT2D eigenvalue weighted by Crippen LogP contribution is -2.44. The number of carbonyl (C=O) groups is 1. The van der Waals surface area contributed by atoms with Crippen molar-refractivity contribution < 1.29 is 13.2 Å². The van der Waals surface area contributed by atoms with Crippen molar-refractivity contribution >= 4 is 15.9 Å². The van der Waals surface area contributed by atoms with Crippen LogP contribution in [0.3, 0.4) is 0 Å². The molecule has 8 nitrogen and oxygen atoms in total. The number of aromatic nitrogens is 3. The van der Waals surface area contributed by atoms with Crippen LogP contribution in [0.15, 0.2) is 41.4 Å². The molecule has 29 heavy (non-hydrogen) atoms. The monoisotopic (exact) mass is 417 g/mol. The fraction of sp³-hybridized carbons (Fsp3) is 0.550. The van der Waals surface area contributed by atoms with E-state index in [9.17, 15) is 13.2 Å². The molecule has 2 aliphatic heterocycles. The molecule has 0 radical (unpaired) electrons. The largest absolute Gasteiger partial charge is 0.337 e. The molecule has 2 saturated heterocycles. The van der Waals surface area contributed by atoms with Gasteiger partial charge in [-0.1, -0.05) is 29.8 Å². The fourth-order valence-corrected chi connectivity index (χ4v) is 5.92. The second kappa shape index (κ2) is 8.62. The molecule has 0 saturated carbocycles. The molecule has 1 aromatic carbocycles. The van der Waals surface area contributed by atoms with Crippen LogP contribution in [-0.4, -0.2) is 64.2 Å². The van der Waals surface area contributed by atoms with E-state index in [1.165, 1.54) is 0 Å². The topological polar surface area (TPSA) is 88.4 Å².